The van der Waals surface area contributed by atoms with Gasteiger partial charge in [-0.15, -0.1) is 0 Å². The number of hydrogen-bond donors (Lipinski definition) is 1. The normalized spacial score (nSPS) is 11.0. The predicted molar refractivity (Wildman–Crippen MR) is 112 cm³/mol. The molecule has 0 fully saturated rings. The quantitative estimate of drug-likeness (QED) is 0.239. The molecule has 0 aliphatic carbocycles. The third kappa shape index (κ3) is 4.78. The Labute approximate surface area is 174 Å². The molecule has 2 aromatic carbocycles. The lowest BCUT2D eigenvalue weighted by Crippen LogP contribution is -2.13. The maximum Gasteiger partial charge on any atom is 0.270 e. The summed E-state index contributed by atoms with van der Waals surface area (Å²) in [5.74, 6) is 0.115. The van der Waals surface area contributed by atoms with Gasteiger partial charge < -0.3 is 9.73 Å². The maximum absolute atomic E-state index is 12.4. The van der Waals surface area contributed by atoms with Crippen molar-refractivity contribution >= 4 is 39.3 Å². The van der Waals surface area contributed by atoms with Crippen molar-refractivity contribution in [1.29, 1.82) is 5.26 Å². The van der Waals surface area contributed by atoms with Gasteiger partial charge >= 0.3 is 0 Å². The molecule has 0 radical (unpaired) electrons. The molecule has 1 aromatic heterocycles. The fourth-order valence-electron chi connectivity index (χ4n) is 2.62. The number of carbonyl (C=O) groups is 1. The molecular weight excluding hydrogens is 438 g/mol. The number of furan rings is 1. The lowest BCUT2D eigenvalue weighted by atomic mass is 10.1. The van der Waals surface area contributed by atoms with Crippen molar-refractivity contribution in [2.45, 2.75) is 6.92 Å². The van der Waals surface area contributed by atoms with Crippen LogP contribution in [0.1, 0.15) is 11.3 Å². The molecule has 0 aliphatic heterocycles. The van der Waals surface area contributed by atoms with Crippen LogP contribution in [0.15, 0.2) is 69.1 Å². The summed E-state index contributed by atoms with van der Waals surface area (Å²) in [4.78, 5) is 22.9. The summed E-state index contributed by atoms with van der Waals surface area (Å²) in [5.41, 5.74) is 1.72. The number of benzene rings is 2. The molecule has 1 N–H and O–H groups in total. The van der Waals surface area contributed by atoms with Crippen LogP contribution in [0.3, 0.4) is 0 Å². The number of nitro benzene ring substituents is 1. The summed E-state index contributed by atoms with van der Waals surface area (Å²) >= 11 is 3.32. The Morgan fingerprint density at radius 3 is 2.72 bits per heavy atom. The van der Waals surface area contributed by atoms with Gasteiger partial charge in [0.15, 0.2) is 0 Å². The van der Waals surface area contributed by atoms with Gasteiger partial charge in [0.05, 0.1) is 4.92 Å². The Hall–Kier alpha value is -3.70. The van der Waals surface area contributed by atoms with Crippen LogP contribution in [0.25, 0.3) is 17.4 Å². The number of aryl methyl sites for hydroxylation is 1. The minimum atomic E-state index is -0.574. The first-order chi connectivity index (χ1) is 13.9. The molecule has 0 spiro atoms. The van der Waals surface area contributed by atoms with E-state index in [2.05, 4.69) is 21.2 Å². The monoisotopic (exact) mass is 451 g/mol. The second-order valence-corrected chi connectivity index (χ2v) is 7.01. The van der Waals surface area contributed by atoms with Crippen molar-refractivity contribution in [3.63, 3.8) is 0 Å². The molecule has 3 aromatic rings. The molecule has 1 amide bonds. The zero-order chi connectivity index (χ0) is 21.0. The zero-order valence-electron chi connectivity index (χ0n) is 15.2. The molecule has 0 atom stereocenters. The Bertz CT molecular complexity index is 1170. The van der Waals surface area contributed by atoms with E-state index in [4.69, 9.17) is 4.42 Å². The average Bonchev–Trinajstić information content (AvgIpc) is 3.14. The van der Waals surface area contributed by atoms with E-state index < -0.39 is 10.8 Å². The van der Waals surface area contributed by atoms with Crippen LogP contribution < -0.4 is 5.32 Å². The highest BCUT2D eigenvalue weighted by molar-refractivity contribution is 9.10. The first-order valence-electron chi connectivity index (χ1n) is 8.41. The molecule has 3 rings (SSSR count). The van der Waals surface area contributed by atoms with E-state index in [9.17, 15) is 20.2 Å². The van der Waals surface area contributed by atoms with Crippen LogP contribution in [-0.2, 0) is 4.79 Å². The van der Waals surface area contributed by atoms with Crippen molar-refractivity contribution in [2.24, 2.45) is 0 Å². The molecule has 0 aliphatic rings. The lowest BCUT2D eigenvalue weighted by Gasteiger charge is -2.04. The van der Waals surface area contributed by atoms with Gasteiger partial charge in [0.2, 0.25) is 0 Å². The summed E-state index contributed by atoms with van der Waals surface area (Å²) < 4.78 is 6.49. The van der Waals surface area contributed by atoms with E-state index in [0.29, 0.717) is 17.0 Å². The highest BCUT2D eigenvalue weighted by Crippen LogP contribution is 2.30. The number of nitro groups is 1. The molecule has 0 unspecified atom stereocenters. The second kappa shape index (κ2) is 8.54. The number of non-ortho nitro benzene ring substituents is 1. The molecule has 29 heavy (non-hydrogen) atoms. The number of rotatable bonds is 5. The molecule has 144 valence electrons. The van der Waals surface area contributed by atoms with Gasteiger partial charge in [0, 0.05) is 33.9 Å². The summed E-state index contributed by atoms with van der Waals surface area (Å²) in [6, 6.07) is 16.6. The standard InChI is InChI=1S/C21H14BrN3O4/c1-13-5-6-17(25(27)28)11-19(13)20-8-7-18(29-20)9-14(12-23)21(26)24-16-4-2-3-15(22)10-16/h2-11H,1H3,(H,24,26)/b14-9-. The lowest BCUT2D eigenvalue weighted by molar-refractivity contribution is -0.384. The van der Waals surface area contributed by atoms with Gasteiger partial charge in [-0.2, -0.15) is 5.26 Å². The largest absolute Gasteiger partial charge is 0.457 e. The number of halogens is 1. The summed E-state index contributed by atoms with van der Waals surface area (Å²) in [7, 11) is 0. The fourth-order valence-corrected chi connectivity index (χ4v) is 3.02. The molecule has 0 saturated heterocycles. The zero-order valence-corrected chi connectivity index (χ0v) is 16.8. The third-order valence-electron chi connectivity index (χ3n) is 4.06. The van der Waals surface area contributed by atoms with Crippen LogP contribution in [-0.4, -0.2) is 10.8 Å². The van der Waals surface area contributed by atoms with Crippen molar-refractivity contribution in [1.82, 2.24) is 0 Å². The second-order valence-electron chi connectivity index (χ2n) is 6.09. The number of anilines is 1. The van der Waals surface area contributed by atoms with Crippen LogP contribution in [0.4, 0.5) is 11.4 Å². The Balaban J connectivity index is 1.86. The first-order valence-corrected chi connectivity index (χ1v) is 9.20. The minimum Gasteiger partial charge on any atom is -0.457 e. The number of carbonyl (C=O) groups excluding carboxylic acids is 1. The van der Waals surface area contributed by atoms with Gasteiger partial charge in [-0.3, -0.25) is 14.9 Å². The predicted octanol–water partition coefficient (Wildman–Crippen LogP) is 5.47. The first kappa shape index (κ1) is 20.0. The fraction of sp³-hybridized carbons (Fsp3) is 0.0476. The van der Waals surface area contributed by atoms with E-state index in [1.807, 2.05) is 19.1 Å². The number of nitrogens with one attached hydrogen (secondary N) is 1. The molecule has 7 nitrogen and oxygen atoms in total. The van der Waals surface area contributed by atoms with Crippen LogP contribution >= 0.6 is 15.9 Å². The number of nitrogens with zero attached hydrogens (tertiary/aromatic N) is 2. The molecule has 0 bridgehead atoms. The van der Waals surface area contributed by atoms with Crippen LogP contribution in [0, 0.1) is 28.4 Å². The summed E-state index contributed by atoms with van der Waals surface area (Å²) in [6.07, 6.45) is 1.32. The maximum atomic E-state index is 12.4. The molecule has 0 saturated carbocycles. The summed E-state index contributed by atoms with van der Waals surface area (Å²) in [6.45, 7) is 1.81. The minimum absolute atomic E-state index is 0.0507. The third-order valence-corrected chi connectivity index (χ3v) is 4.55. The molecule has 1 heterocycles. The highest BCUT2D eigenvalue weighted by Gasteiger charge is 2.15. The highest BCUT2D eigenvalue weighted by atomic mass is 79.9. The SMILES string of the molecule is Cc1ccc([N+](=O)[O-])cc1-c1ccc(/C=C(/C#N)C(=O)Nc2cccc(Br)c2)o1. The van der Waals surface area contributed by atoms with Crippen LogP contribution in [0.5, 0.6) is 0 Å². The molecule has 8 heteroatoms. The van der Waals surface area contributed by atoms with Crippen molar-refractivity contribution < 1.29 is 14.1 Å². The van der Waals surface area contributed by atoms with Gasteiger partial charge in [-0.25, -0.2) is 0 Å². The topological polar surface area (TPSA) is 109 Å². The number of hydrogen-bond acceptors (Lipinski definition) is 5. The summed E-state index contributed by atoms with van der Waals surface area (Å²) in [5, 5.41) is 23.0. The van der Waals surface area contributed by atoms with E-state index in [1.54, 1.807) is 36.4 Å². The van der Waals surface area contributed by atoms with Crippen molar-refractivity contribution in [3.05, 3.63) is 86.1 Å². The Kier molecular flexibility index (Phi) is 5.90. The number of nitriles is 1. The van der Waals surface area contributed by atoms with Crippen LogP contribution in [0.2, 0.25) is 0 Å². The Morgan fingerprint density at radius 2 is 2.03 bits per heavy atom. The average molecular weight is 452 g/mol. The molecular formula is C21H14BrN3O4. The van der Waals surface area contributed by atoms with E-state index in [-0.39, 0.29) is 17.0 Å². The van der Waals surface area contributed by atoms with Crippen molar-refractivity contribution in [3.8, 4) is 17.4 Å². The van der Waals surface area contributed by atoms with E-state index in [1.165, 1.54) is 18.2 Å². The number of amides is 1. The Morgan fingerprint density at radius 1 is 1.24 bits per heavy atom. The van der Waals surface area contributed by atoms with E-state index in [0.717, 1.165) is 10.0 Å². The van der Waals surface area contributed by atoms with Crippen molar-refractivity contribution in [2.75, 3.05) is 5.32 Å². The van der Waals surface area contributed by atoms with Gasteiger partial charge in [0.25, 0.3) is 11.6 Å². The van der Waals surface area contributed by atoms with Gasteiger partial charge in [0.1, 0.15) is 23.2 Å². The van der Waals surface area contributed by atoms with Gasteiger partial charge in [-0.05, 0) is 42.8 Å². The smallest absolute Gasteiger partial charge is 0.270 e. The van der Waals surface area contributed by atoms with E-state index >= 15 is 0 Å². The van der Waals surface area contributed by atoms with Gasteiger partial charge in [-0.1, -0.05) is 28.1 Å².